The number of halogens is 2. The van der Waals surface area contributed by atoms with Crippen LogP contribution in [-0.2, 0) is 6.61 Å². The third-order valence-corrected chi connectivity index (χ3v) is 5.10. The molecule has 1 heterocycles. The summed E-state index contributed by atoms with van der Waals surface area (Å²) in [6.07, 6.45) is 5.17. The third-order valence-electron chi connectivity index (χ3n) is 4.75. The fraction of sp³-hybridized carbons (Fsp3) is 0.0800. The Morgan fingerprint density at radius 1 is 1.10 bits per heavy atom. The first-order valence-electron chi connectivity index (χ1n) is 9.50. The van der Waals surface area contributed by atoms with Gasteiger partial charge in [0.15, 0.2) is 5.76 Å². The van der Waals surface area contributed by atoms with Crippen LogP contribution in [0.15, 0.2) is 78.6 Å². The predicted molar refractivity (Wildman–Crippen MR) is 117 cm³/mol. The summed E-state index contributed by atoms with van der Waals surface area (Å²) < 4.78 is 30.6. The number of fused-ring (bicyclic) bond motifs is 1. The van der Waals surface area contributed by atoms with Gasteiger partial charge in [-0.15, -0.1) is 0 Å². The van der Waals surface area contributed by atoms with Crippen LogP contribution >= 0.6 is 11.6 Å². The van der Waals surface area contributed by atoms with Gasteiger partial charge in [0.2, 0.25) is 5.78 Å². The smallest absolute Gasteiger partial charge is 0.231 e. The van der Waals surface area contributed by atoms with E-state index in [2.05, 4.69) is 0 Å². The first kappa shape index (κ1) is 20.7. The van der Waals surface area contributed by atoms with Crippen molar-refractivity contribution in [2.75, 3.05) is 7.11 Å². The van der Waals surface area contributed by atoms with Crippen LogP contribution in [0.2, 0.25) is 5.02 Å². The monoisotopic (exact) mass is 436 g/mol. The number of carbonyl (C=O) groups is 1. The number of allylic oxidation sites excluding steroid dienone is 3. The number of rotatable bonds is 6. The molecule has 3 aromatic rings. The van der Waals surface area contributed by atoms with Gasteiger partial charge in [-0.2, -0.15) is 0 Å². The van der Waals surface area contributed by atoms with Gasteiger partial charge >= 0.3 is 0 Å². The summed E-state index contributed by atoms with van der Waals surface area (Å²) in [6, 6.07) is 16.9. The van der Waals surface area contributed by atoms with Gasteiger partial charge in [-0.25, -0.2) is 4.39 Å². The Labute approximate surface area is 184 Å². The average molecular weight is 437 g/mol. The highest BCUT2D eigenvalue weighted by Crippen LogP contribution is 2.34. The Balaban J connectivity index is 1.48. The molecular formula is C25H18ClFO4. The number of carbonyl (C=O) groups excluding carboxylic acids is 1. The molecular weight excluding hydrogens is 419 g/mol. The molecule has 1 aliphatic heterocycles. The van der Waals surface area contributed by atoms with Crippen LogP contribution in [0.1, 0.15) is 21.5 Å². The molecule has 0 saturated heterocycles. The van der Waals surface area contributed by atoms with Crippen LogP contribution in [0.4, 0.5) is 4.39 Å². The van der Waals surface area contributed by atoms with Crippen LogP contribution in [0, 0.1) is 5.82 Å². The summed E-state index contributed by atoms with van der Waals surface area (Å²) >= 11 is 6.03. The molecule has 0 radical (unpaired) electrons. The van der Waals surface area contributed by atoms with Crippen LogP contribution < -0.4 is 14.2 Å². The highest BCUT2D eigenvalue weighted by atomic mass is 35.5. The van der Waals surface area contributed by atoms with E-state index >= 15 is 0 Å². The number of para-hydroxylation sites is 1. The van der Waals surface area contributed by atoms with Crippen molar-refractivity contribution >= 4 is 23.5 Å². The molecule has 0 unspecified atom stereocenters. The molecule has 4 rings (SSSR count). The van der Waals surface area contributed by atoms with Crippen molar-refractivity contribution in [2.45, 2.75) is 6.61 Å². The van der Waals surface area contributed by atoms with E-state index < -0.39 is 5.82 Å². The van der Waals surface area contributed by atoms with E-state index in [-0.39, 0.29) is 23.7 Å². The molecule has 156 valence electrons. The number of ether oxygens (including phenoxy) is 3. The maximum Gasteiger partial charge on any atom is 0.231 e. The lowest BCUT2D eigenvalue weighted by Crippen LogP contribution is -1.99. The molecule has 6 heteroatoms. The lowest BCUT2D eigenvalue weighted by atomic mass is 10.1. The van der Waals surface area contributed by atoms with E-state index in [1.165, 1.54) is 12.1 Å². The molecule has 0 saturated carbocycles. The van der Waals surface area contributed by atoms with Crippen LogP contribution in [0.5, 0.6) is 17.2 Å². The topological polar surface area (TPSA) is 44.8 Å². The van der Waals surface area contributed by atoms with Crippen LogP contribution in [-0.4, -0.2) is 12.9 Å². The Hall–Kier alpha value is -3.57. The van der Waals surface area contributed by atoms with Crippen LogP contribution in [0.25, 0.3) is 6.08 Å². The minimum Gasteiger partial charge on any atom is -0.496 e. The predicted octanol–water partition coefficient (Wildman–Crippen LogP) is 6.24. The number of hydrogen-bond acceptors (Lipinski definition) is 4. The Morgan fingerprint density at radius 3 is 2.74 bits per heavy atom. The van der Waals surface area contributed by atoms with Crippen molar-refractivity contribution in [2.24, 2.45) is 0 Å². The highest BCUT2D eigenvalue weighted by Gasteiger charge is 2.27. The van der Waals surface area contributed by atoms with Crippen molar-refractivity contribution in [3.05, 3.63) is 106 Å². The van der Waals surface area contributed by atoms with Gasteiger partial charge in [-0.3, -0.25) is 4.79 Å². The zero-order chi connectivity index (χ0) is 21.8. The van der Waals surface area contributed by atoms with Crippen molar-refractivity contribution in [1.82, 2.24) is 0 Å². The fourth-order valence-electron chi connectivity index (χ4n) is 3.14. The van der Waals surface area contributed by atoms with Crippen molar-refractivity contribution < 1.29 is 23.4 Å². The molecule has 4 nitrogen and oxygen atoms in total. The number of hydrogen-bond donors (Lipinski definition) is 0. The van der Waals surface area contributed by atoms with Gasteiger partial charge in [-0.1, -0.05) is 48.0 Å². The molecule has 0 spiro atoms. The second-order valence-corrected chi connectivity index (χ2v) is 7.12. The first-order chi connectivity index (χ1) is 15.1. The van der Waals surface area contributed by atoms with Crippen LogP contribution in [0.3, 0.4) is 0 Å². The van der Waals surface area contributed by atoms with Gasteiger partial charge < -0.3 is 14.2 Å². The Bertz CT molecular complexity index is 1180. The zero-order valence-electron chi connectivity index (χ0n) is 16.6. The summed E-state index contributed by atoms with van der Waals surface area (Å²) in [7, 11) is 1.60. The van der Waals surface area contributed by atoms with E-state index in [0.717, 1.165) is 11.3 Å². The van der Waals surface area contributed by atoms with E-state index in [1.54, 1.807) is 43.5 Å². The van der Waals surface area contributed by atoms with E-state index in [0.29, 0.717) is 22.1 Å². The number of ketones is 1. The van der Waals surface area contributed by atoms with Gasteiger partial charge in [0, 0.05) is 17.2 Å². The summed E-state index contributed by atoms with van der Waals surface area (Å²) in [5.74, 6) is 1.11. The van der Waals surface area contributed by atoms with Gasteiger partial charge in [0.1, 0.15) is 29.7 Å². The molecule has 0 atom stereocenters. The lowest BCUT2D eigenvalue weighted by molar-refractivity contribution is 0.101. The van der Waals surface area contributed by atoms with Gasteiger partial charge in [-0.05, 0) is 36.4 Å². The van der Waals surface area contributed by atoms with E-state index in [4.69, 9.17) is 25.8 Å². The standard InChI is InChI=1S/C25H18ClFO4/c1-29-22-10-3-2-6-16(22)7-4-11-23-25(28)18-13-12-17(14-24(18)31-23)30-15-19-20(26)8-5-9-21(19)27/h2-14H,15H2,1H3/b7-4+,23-11-. The third kappa shape index (κ3) is 4.47. The fourth-order valence-corrected chi connectivity index (χ4v) is 3.36. The number of methoxy groups -OCH3 is 1. The molecule has 31 heavy (non-hydrogen) atoms. The molecule has 0 N–H and O–H groups in total. The SMILES string of the molecule is COc1ccccc1/C=C/C=C1\Oc2cc(OCc3c(F)cccc3Cl)ccc2C1=O. The van der Waals surface area contributed by atoms with E-state index in [9.17, 15) is 9.18 Å². The molecule has 0 aromatic heterocycles. The highest BCUT2D eigenvalue weighted by molar-refractivity contribution is 6.31. The molecule has 1 aliphatic rings. The van der Waals surface area contributed by atoms with Gasteiger partial charge in [0.05, 0.1) is 17.7 Å². The second kappa shape index (κ2) is 9.06. The zero-order valence-corrected chi connectivity index (χ0v) is 17.4. The quantitative estimate of drug-likeness (QED) is 0.429. The van der Waals surface area contributed by atoms with Crippen molar-refractivity contribution in [3.63, 3.8) is 0 Å². The molecule has 0 aliphatic carbocycles. The summed E-state index contributed by atoms with van der Waals surface area (Å²) in [4.78, 5) is 12.6. The molecule has 0 bridgehead atoms. The summed E-state index contributed by atoms with van der Waals surface area (Å²) in [5.41, 5.74) is 1.59. The largest absolute Gasteiger partial charge is 0.496 e. The normalized spacial score (nSPS) is 14.0. The first-order valence-corrected chi connectivity index (χ1v) is 9.88. The molecule has 0 amide bonds. The van der Waals surface area contributed by atoms with E-state index in [1.807, 2.05) is 30.3 Å². The van der Waals surface area contributed by atoms with Crippen molar-refractivity contribution in [1.29, 1.82) is 0 Å². The molecule has 0 fully saturated rings. The lowest BCUT2D eigenvalue weighted by Gasteiger charge is -2.09. The average Bonchev–Trinajstić information content (AvgIpc) is 3.08. The molecule has 3 aromatic carbocycles. The Morgan fingerprint density at radius 2 is 1.94 bits per heavy atom. The summed E-state index contributed by atoms with van der Waals surface area (Å²) in [5, 5.41) is 0.291. The van der Waals surface area contributed by atoms with Crippen molar-refractivity contribution in [3.8, 4) is 17.2 Å². The number of benzene rings is 3. The summed E-state index contributed by atoms with van der Waals surface area (Å²) in [6.45, 7) is -0.0391. The maximum absolute atomic E-state index is 13.9. The maximum atomic E-state index is 13.9. The number of Topliss-reactive ketones (excluding diaryl/α,β-unsaturated/α-hetero) is 1. The minimum absolute atomic E-state index is 0.0391. The minimum atomic E-state index is -0.438. The second-order valence-electron chi connectivity index (χ2n) is 6.71. The Kier molecular flexibility index (Phi) is 6.05. The van der Waals surface area contributed by atoms with Gasteiger partial charge in [0.25, 0.3) is 0 Å².